The number of benzene rings is 8. The zero-order chi connectivity index (χ0) is 43.2. The van der Waals surface area contributed by atoms with Crippen molar-refractivity contribution in [2.24, 2.45) is 0 Å². The van der Waals surface area contributed by atoms with Gasteiger partial charge < -0.3 is 4.42 Å². The van der Waals surface area contributed by atoms with Crippen LogP contribution >= 0.6 is 0 Å². The lowest BCUT2D eigenvalue weighted by atomic mass is 9.82. The predicted molar refractivity (Wildman–Crippen MR) is 267 cm³/mol. The van der Waals surface area contributed by atoms with E-state index in [0.717, 1.165) is 50.5 Å². The molecule has 3 aromatic heterocycles. The maximum absolute atomic E-state index is 6.43. The van der Waals surface area contributed by atoms with Crippen molar-refractivity contribution in [1.29, 1.82) is 0 Å². The zero-order valence-electron chi connectivity index (χ0n) is 36.4. The molecule has 0 N–H and O–H groups in total. The van der Waals surface area contributed by atoms with E-state index < -0.39 is 8.07 Å². The molecule has 8 aromatic carbocycles. The first-order valence-electron chi connectivity index (χ1n) is 22.2. The fourth-order valence-corrected chi connectivity index (χ4v) is 16.1. The summed E-state index contributed by atoms with van der Waals surface area (Å²) in [6.45, 7) is 9.53. The highest BCUT2D eigenvalue weighted by Gasteiger charge is 2.43. The third-order valence-corrected chi connectivity index (χ3v) is 18.6. The lowest BCUT2D eigenvalue weighted by Crippen LogP contribution is -2.74. The Balaban J connectivity index is 1.16. The Morgan fingerprint density at radius 2 is 1.00 bits per heavy atom. The summed E-state index contributed by atoms with van der Waals surface area (Å²) in [5.41, 5.74) is 8.47. The van der Waals surface area contributed by atoms with Gasteiger partial charge in [0.2, 0.25) is 5.95 Å². The molecule has 0 unspecified atom stereocenters. The lowest BCUT2D eigenvalue weighted by Gasteiger charge is -2.34. The van der Waals surface area contributed by atoms with Gasteiger partial charge in [0.1, 0.15) is 11.2 Å². The van der Waals surface area contributed by atoms with Gasteiger partial charge in [0.25, 0.3) is 0 Å². The topological polar surface area (TPSA) is 56.7 Å². The molecule has 0 spiro atoms. The van der Waals surface area contributed by atoms with E-state index in [1.54, 1.807) is 0 Å². The predicted octanol–water partition coefficient (Wildman–Crippen LogP) is 11.5. The Morgan fingerprint density at radius 3 is 1.69 bits per heavy atom. The van der Waals surface area contributed by atoms with Crippen LogP contribution in [0.4, 0.5) is 0 Å². The molecule has 0 amide bonds. The molecular weight excluding hydrogens is 797 g/mol. The Morgan fingerprint density at radius 1 is 0.453 bits per heavy atom. The second-order valence-electron chi connectivity index (χ2n) is 18.7. The molecule has 6 heteroatoms. The van der Waals surface area contributed by atoms with Crippen LogP contribution in [0.25, 0.3) is 72.5 Å². The SMILES string of the molecule is CC1(C)CC(C)(C)c2cc3c(cc21)c1ccccc1n3-c1nc(-c2cccc([Si](c3ccccc3)(c3ccccc3)c3ccccc3)c2)nc(-c2cccc3oc4ccccc4c23)n1. The normalized spacial score (nSPS) is 14.4. The fraction of sp³-hybridized carbons (Fsp3) is 0.121. The van der Waals surface area contributed by atoms with Gasteiger partial charge in [-0.15, -0.1) is 0 Å². The van der Waals surface area contributed by atoms with Crippen molar-refractivity contribution in [2.75, 3.05) is 0 Å². The summed E-state index contributed by atoms with van der Waals surface area (Å²) in [6, 6.07) is 70.1. The number of hydrogen-bond acceptors (Lipinski definition) is 4. The monoisotopic (exact) mass is 842 g/mol. The van der Waals surface area contributed by atoms with E-state index in [4.69, 9.17) is 19.4 Å². The van der Waals surface area contributed by atoms with E-state index in [1.165, 1.54) is 42.6 Å². The molecule has 1 aliphatic rings. The average Bonchev–Trinajstić information content (AvgIpc) is 3.93. The molecule has 11 aromatic rings. The van der Waals surface area contributed by atoms with Crippen LogP contribution in [0.15, 0.2) is 199 Å². The van der Waals surface area contributed by atoms with Crippen LogP contribution in [-0.4, -0.2) is 27.6 Å². The zero-order valence-corrected chi connectivity index (χ0v) is 37.4. The number of furan rings is 1. The van der Waals surface area contributed by atoms with Gasteiger partial charge >= 0.3 is 0 Å². The van der Waals surface area contributed by atoms with Crippen molar-refractivity contribution in [3.8, 4) is 28.7 Å². The second-order valence-corrected chi connectivity index (χ2v) is 22.5. The van der Waals surface area contributed by atoms with E-state index in [9.17, 15) is 0 Å². The van der Waals surface area contributed by atoms with Gasteiger partial charge in [-0.1, -0.05) is 191 Å². The third kappa shape index (κ3) is 5.79. The molecule has 3 heterocycles. The molecule has 5 nitrogen and oxygen atoms in total. The fourth-order valence-electron chi connectivity index (χ4n) is 11.3. The molecule has 0 aliphatic heterocycles. The molecule has 308 valence electrons. The van der Waals surface area contributed by atoms with Gasteiger partial charge in [-0.25, -0.2) is 4.98 Å². The number of fused-ring (bicyclic) bond motifs is 7. The van der Waals surface area contributed by atoms with Gasteiger partial charge in [0, 0.05) is 32.7 Å². The minimum absolute atomic E-state index is 0.00873. The lowest BCUT2D eigenvalue weighted by molar-refractivity contribution is 0.403. The highest BCUT2D eigenvalue weighted by atomic mass is 28.3. The summed E-state index contributed by atoms with van der Waals surface area (Å²) in [6.07, 6.45) is 1.08. The second kappa shape index (κ2) is 14.3. The van der Waals surface area contributed by atoms with Crippen LogP contribution in [0.1, 0.15) is 45.2 Å². The van der Waals surface area contributed by atoms with Crippen molar-refractivity contribution >= 4 is 72.6 Å². The highest BCUT2D eigenvalue weighted by molar-refractivity contribution is 7.19. The smallest absolute Gasteiger partial charge is 0.238 e. The first kappa shape index (κ1) is 38.3. The van der Waals surface area contributed by atoms with Crippen molar-refractivity contribution in [3.63, 3.8) is 0 Å². The van der Waals surface area contributed by atoms with Crippen molar-refractivity contribution in [1.82, 2.24) is 19.5 Å². The van der Waals surface area contributed by atoms with E-state index in [1.807, 2.05) is 24.3 Å². The van der Waals surface area contributed by atoms with E-state index >= 15 is 0 Å². The molecule has 0 bridgehead atoms. The minimum Gasteiger partial charge on any atom is -0.456 e. The number of hydrogen-bond donors (Lipinski definition) is 0. The van der Waals surface area contributed by atoms with Gasteiger partial charge in [0.05, 0.1) is 11.0 Å². The Labute approximate surface area is 373 Å². The van der Waals surface area contributed by atoms with Crippen LogP contribution in [-0.2, 0) is 10.8 Å². The van der Waals surface area contributed by atoms with Gasteiger partial charge in [-0.2, -0.15) is 9.97 Å². The van der Waals surface area contributed by atoms with Crippen LogP contribution < -0.4 is 20.7 Å². The maximum atomic E-state index is 6.43. The summed E-state index contributed by atoms with van der Waals surface area (Å²) < 4.78 is 8.71. The Bertz CT molecular complexity index is 3490. The van der Waals surface area contributed by atoms with Crippen LogP contribution in [0.2, 0.25) is 0 Å². The summed E-state index contributed by atoms with van der Waals surface area (Å²) in [5.74, 6) is 1.78. The molecule has 0 radical (unpaired) electrons. The Kier molecular flexibility index (Phi) is 8.56. The highest BCUT2D eigenvalue weighted by Crippen LogP contribution is 2.51. The maximum Gasteiger partial charge on any atom is 0.238 e. The van der Waals surface area contributed by atoms with E-state index in [0.29, 0.717) is 17.6 Å². The summed E-state index contributed by atoms with van der Waals surface area (Å²) >= 11 is 0. The van der Waals surface area contributed by atoms with Crippen LogP contribution in [0.3, 0.4) is 0 Å². The number of aromatic nitrogens is 4. The molecule has 0 saturated carbocycles. The molecular formula is C58H46N4OSi. The third-order valence-electron chi connectivity index (χ3n) is 13.8. The average molecular weight is 843 g/mol. The van der Waals surface area contributed by atoms with Gasteiger partial charge in [-0.05, 0) is 79.5 Å². The van der Waals surface area contributed by atoms with E-state index in [2.05, 4.69) is 202 Å². The summed E-state index contributed by atoms with van der Waals surface area (Å²) in [7, 11) is -2.86. The minimum atomic E-state index is -2.86. The first-order chi connectivity index (χ1) is 31.2. The summed E-state index contributed by atoms with van der Waals surface area (Å²) in [5, 5.41) is 9.58. The summed E-state index contributed by atoms with van der Waals surface area (Å²) in [4.78, 5) is 16.5. The van der Waals surface area contributed by atoms with Gasteiger partial charge in [-0.3, -0.25) is 4.57 Å². The number of nitrogens with zero attached hydrogens (tertiary/aromatic N) is 4. The number of rotatable bonds is 7. The Hall–Kier alpha value is -7.41. The molecule has 12 rings (SSSR count). The van der Waals surface area contributed by atoms with Crippen molar-refractivity contribution < 1.29 is 4.42 Å². The molecule has 64 heavy (non-hydrogen) atoms. The van der Waals surface area contributed by atoms with Crippen LogP contribution in [0.5, 0.6) is 0 Å². The van der Waals surface area contributed by atoms with Crippen molar-refractivity contribution in [3.05, 3.63) is 205 Å². The van der Waals surface area contributed by atoms with E-state index in [-0.39, 0.29) is 10.8 Å². The molecule has 0 fully saturated rings. The van der Waals surface area contributed by atoms with Crippen molar-refractivity contribution in [2.45, 2.75) is 44.9 Å². The van der Waals surface area contributed by atoms with Gasteiger partial charge in [0.15, 0.2) is 19.7 Å². The largest absolute Gasteiger partial charge is 0.456 e. The molecule has 0 atom stereocenters. The standard InChI is InChI=1S/C58H46N4OSi/c1-57(2)37-58(3,4)48-36-50-46(35-47(48)57)43-28-14-16-31-49(43)62(50)56-60-54(59-55(61-56)45-30-19-33-52-53(45)44-29-15-17-32-51(44)63-52)38-20-18-27-42(34-38)64(39-21-8-5-9-22-39,40-23-10-6-11-24-40)41-25-12-7-13-26-41/h5-36H,37H2,1-4H3. The quantitative estimate of drug-likeness (QED) is 0.118. The number of para-hydroxylation sites is 2. The molecule has 1 aliphatic carbocycles. The first-order valence-corrected chi connectivity index (χ1v) is 24.2. The van der Waals surface area contributed by atoms with Crippen LogP contribution in [0, 0.1) is 0 Å². The molecule has 0 saturated heterocycles.